The Hall–Kier alpha value is -1.59. The summed E-state index contributed by atoms with van der Waals surface area (Å²) < 4.78 is 5.06. The molecule has 24 heavy (non-hydrogen) atoms. The molecular formula is C19H34N4O. The van der Waals surface area contributed by atoms with Crippen LogP contribution < -0.4 is 10.6 Å². The van der Waals surface area contributed by atoms with Crippen LogP contribution in [0.5, 0.6) is 0 Å². The highest BCUT2D eigenvalue weighted by atomic mass is 16.5. The molecule has 1 aromatic rings. The molecule has 0 aliphatic heterocycles. The topological polar surface area (TPSA) is 48.9 Å². The highest BCUT2D eigenvalue weighted by molar-refractivity contribution is 5.79. The molecule has 0 saturated carbocycles. The minimum absolute atomic E-state index is 0.686. The Morgan fingerprint density at radius 3 is 2.29 bits per heavy atom. The third kappa shape index (κ3) is 8.31. The zero-order chi connectivity index (χ0) is 17.6. The van der Waals surface area contributed by atoms with E-state index < -0.39 is 0 Å². The van der Waals surface area contributed by atoms with Gasteiger partial charge >= 0.3 is 0 Å². The lowest BCUT2D eigenvalue weighted by atomic mass is 10.1. The summed E-state index contributed by atoms with van der Waals surface area (Å²) in [5.41, 5.74) is 2.59. The molecule has 0 radical (unpaired) electrons. The first-order valence-corrected chi connectivity index (χ1v) is 9.04. The van der Waals surface area contributed by atoms with Crippen LogP contribution >= 0.6 is 0 Å². The normalized spacial score (nSPS) is 11.8. The number of benzene rings is 1. The van der Waals surface area contributed by atoms with Crippen molar-refractivity contribution in [2.24, 2.45) is 4.99 Å². The van der Waals surface area contributed by atoms with Crippen LogP contribution in [0.4, 0.5) is 0 Å². The molecule has 0 aliphatic rings. The van der Waals surface area contributed by atoms with Crippen molar-refractivity contribution in [1.29, 1.82) is 0 Å². The number of ether oxygens (including phenoxy) is 1. The lowest BCUT2D eigenvalue weighted by Crippen LogP contribution is -2.38. The smallest absolute Gasteiger partial charge is 0.191 e. The second kappa shape index (κ2) is 12.8. The average Bonchev–Trinajstić information content (AvgIpc) is 2.62. The Bertz CT molecular complexity index is 455. The third-order valence-corrected chi connectivity index (χ3v) is 3.91. The summed E-state index contributed by atoms with van der Waals surface area (Å²) >= 11 is 0. The van der Waals surface area contributed by atoms with Gasteiger partial charge in [-0.15, -0.1) is 0 Å². The SMILES string of the molecule is CCNC(=NCc1ccc(CN(CC)CC)cc1)NCCCOC. The van der Waals surface area contributed by atoms with Crippen molar-refractivity contribution in [3.05, 3.63) is 35.4 Å². The molecule has 5 heteroatoms. The molecule has 136 valence electrons. The zero-order valence-electron chi connectivity index (χ0n) is 15.8. The summed E-state index contributed by atoms with van der Waals surface area (Å²) in [6.45, 7) is 12.8. The first-order valence-electron chi connectivity index (χ1n) is 9.04. The molecule has 0 fully saturated rings. The van der Waals surface area contributed by atoms with Crippen molar-refractivity contribution in [2.45, 2.75) is 40.3 Å². The second-order valence-electron chi connectivity index (χ2n) is 5.75. The molecule has 0 atom stereocenters. The Morgan fingerprint density at radius 1 is 1.04 bits per heavy atom. The van der Waals surface area contributed by atoms with Gasteiger partial charge in [0.1, 0.15) is 0 Å². The zero-order valence-corrected chi connectivity index (χ0v) is 15.8. The number of methoxy groups -OCH3 is 1. The van der Waals surface area contributed by atoms with Gasteiger partial charge < -0.3 is 15.4 Å². The summed E-state index contributed by atoms with van der Waals surface area (Å²) in [7, 11) is 1.73. The minimum Gasteiger partial charge on any atom is -0.385 e. The van der Waals surface area contributed by atoms with Gasteiger partial charge in [0.05, 0.1) is 6.54 Å². The first-order chi connectivity index (χ1) is 11.7. The number of hydrogen-bond donors (Lipinski definition) is 2. The van der Waals surface area contributed by atoms with Gasteiger partial charge in [-0.25, -0.2) is 4.99 Å². The van der Waals surface area contributed by atoms with Crippen LogP contribution in [-0.2, 0) is 17.8 Å². The molecule has 2 N–H and O–H groups in total. The van der Waals surface area contributed by atoms with Crippen molar-refractivity contribution < 1.29 is 4.74 Å². The van der Waals surface area contributed by atoms with E-state index >= 15 is 0 Å². The van der Waals surface area contributed by atoms with Crippen LogP contribution in [0.15, 0.2) is 29.3 Å². The van der Waals surface area contributed by atoms with E-state index in [-0.39, 0.29) is 0 Å². The van der Waals surface area contributed by atoms with Gasteiger partial charge in [0, 0.05) is 33.4 Å². The number of nitrogens with zero attached hydrogens (tertiary/aromatic N) is 2. The number of guanidine groups is 1. The molecule has 0 saturated heterocycles. The van der Waals surface area contributed by atoms with E-state index in [9.17, 15) is 0 Å². The molecule has 0 aliphatic carbocycles. The van der Waals surface area contributed by atoms with Crippen molar-refractivity contribution in [3.8, 4) is 0 Å². The molecule has 0 unspecified atom stereocenters. The highest BCUT2D eigenvalue weighted by Crippen LogP contribution is 2.08. The van der Waals surface area contributed by atoms with Crippen LogP contribution in [0.3, 0.4) is 0 Å². The van der Waals surface area contributed by atoms with Crippen LogP contribution in [0.1, 0.15) is 38.3 Å². The van der Waals surface area contributed by atoms with Crippen molar-refractivity contribution >= 4 is 5.96 Å². The lowest BCUT2D eigenvalue weighted by molar-refractivity contribution is 0.195. The van der Waals surface area contributed by atoms with Crippen LogP contribution in [0.25, 0.3) is 0 Å². The summed E-state index contributed by atoms with van der Waals surface area (Å²) in [6.07, 6.45) is 0.973. The van der Waals surface area contributed by atoms with Gasteiger partial charge in [0.2, 0.25) is 0 Å². The maximum Gasteiger partial charge on any atom is 0.191 e. The molecular weight excluding hydrogens is 300 g/mol. The number of hydrogen-bond acceptors (Lipinski definition) is 3. The standard InChI is InChI=1S/C19H34N4O/c1-5-20-19(21-13-8-14-24-4)22-15-17-9-11-18(12-10-17)16-23(6-2)7-3/h9-12H,5-8,13-16H2,1-4H3,(H2,20,21,22). The predicted octanol–water partition coefficient (Wildman–Crippen LogP) is 2.62. The monoisotopic (exact) mass is 334 g/mol. The summed E-state index contributed by atoms with van der Waals surface area (Å²) in [4.78, 5) is 7.06. The molecule has 5 nitrogen and oxygen atoms in total. The van der Waals surface area contributed by atoms with E-state index in [1.807, 2.05) is 0 Å². The van der Waals surface area contributed by atoms with E-state index in [4.69, 9.17) is 4.74 Å². The second-order valence-corrected chi connectivity index (χ2v) is 5.75. The van der Waals surface area contributed by atoms with Gasteiger partial charge in [0.25, 0.3) is 0 Å². The van der Waals surface area contributed by atoms with Crippen molar-refractivity contribution in [3.63, 3.8) is 0 Å². The minimum atomic E-state index is 0.686. The maximum atomic E-state index is 5.06. The van der Waals surface area contributed by atoms with Gasteiger partial charge in [-0.3, -0.25) is 4.90 Å². The average molecular weight is 335 g/mol. The van der Waals surface area contributed by atoms with E-state index in [0.717, 1.165) is 51.7 Å². The van der Waals surface area contributed by atoms with Gasteiger partial charge in [-0.1, -0.05) is 38.1 Å². The summed E-state index contributed by atoms with van der Waals surface area (Å²) in [5, 5.41) is 6.60. The first kappa shape index (κ1) is 20.5. The predicted molar refractivity (Wildman–Crippen MR) is 102 cm³/mol. The van der Waals surface area contributed by atoms with Crippen LogP contribution in [0.2, 0.25) is 0 Å². The van der Waals surface area contributed by atoms with Crippen molar-refractivity contribution in [2.75, 3.05) is 39.9 Å². The Morgan fingerprint density at radius 2 is 1.71 bits per heavy atom. The van der Waals surface area contributed by atoms with E-state index in [2.05, 4.69) is 65.6 Å². The fraction of sp³-hybridized carbons (Fsp3) is 0.632. The molecule has 0 heterocycles. The molecule has 0 spiro atoms. The number of aliphatic imine (C=N–C) groups is 1. The van der Waals surface area contributed by atoms with E-state index in [0.29, 0.717) is 6.54 Å². The quantitative estimate of drug-likeness (QED) is 0.371. The maximum absolute atomic E-state index is 5.06. The Balaban J connectivity index is 2.52. The Kier molecular flexibility index (Phi) is 10.9. The van der Waals surface area contributed by atoms with Crippen LogP contribution in [-0.4, -0.2) is 50.8 Å². The molecule has 0 aromatic heterocycles. The highest BCUT2D eigenvalue weighted by Gasteiger charge is 2.02. The third-order valence-electron chi connectivity index (χ3n) is 3.91. The van der Waals surface area contributed by atoms with Gasteiger partial charge in [-0.2, -0.15) is 0 Å². The number of nitrogens with one attached hydrogen (secondary N) is 2. The summed E-state index contributed by atoms with van der Waals surface area (Å²) in [5.74, 6) is 0.862. The number of rotatable bonds is 11. The molecule has 0 bridgehead atoms. The lowest BCUT2D eigenvalue weighted by Gasteiger charge is -2.18. The van der Waals surface area contributed by atoms with Crippen LogP contribution in [0, 0.1) is 0 Å². The van der Waals surface area contributed by atoms with Gasteiger partial charge in [-0.05, 0) is 37.6 Å². The molecule has 1 aromatic carbocycles. The molecule has 1 rings (SSSR count). The Labute approximate surface area is 147 Å². The van der Waals surface area contributed by atoms with E-state index in [1.54, 1.807) is 7.11 Å². The molecule has 0 amide bonds. The summed E-state index contributed by atoms with van der Waals surface area (Å²) in [6, 6.07) is 8.78. The van der Waals surface area contributed by atoms with Crippen molar-refractivity contribution in [1.82, 2.24) is 15.5 Å². The fourth-order valence-electron chi connectivity index (χ4n) is 2.39. The van der Waals surface area contributed by atoms with E-state index in [1.165, 1.54) is 11.1 Å². The van der Waals surface area contributed by atoms with Gasteiger partial charge in [0.15, 0.2) is 5.96 Å². The fourth-order valence-corrected chi connectivity index (χ4v) is 2.39. The largest absolute Gasteiger partial charge is 0.385 e.